The van der Waals surface area contributed by atoms with Crippen molar-refractivity contribution in [3.05, 3.63) is 167 Å². The van der Waals surface area contributed by atoms with Crippen LogP contribution in [0.3, 0.4) is 0 Å². The van der Waals surface area contributed by atoms with Crippen molar-refractivity contribution in [1.82, 2.24) is 4.90 Å². The van der Waals surface area contributed by atoms with Crippen LogP contribution in [0.1, 0.15) is 27.8 Å². The molecule has 5 heteroatoms. The van der Waals surface area contributed by atoms with E-state index in [9.17, 15) is 4.79 Å². The fourth-order valence-corrected chi connectivity index (χ4v) is 5.02. The first-order valence-corrected chi connectivity index (χ1v) is 14.5. The summed E-state index contributed by atoms with van der Waals surface area (Å²) in [6.07, 6.45) is 0.451. The van der Waals surface area contributed by atoms with E-state index in [1.165, 1.54) is 7.11 Å². The molecule has 1 atom stereocenters. The summed E-state index contributed by atoms with van der Waals surface area (Å²) in [5.41, 5.74) is 5.35. The van der Waals surface area contributed by atoms with Crippen LogP contribution >= 0.6 is 0 Å². The van der Waals surface area contributed by atoms with Crippen molar-refractivity contribution < 1.29 is 19.0 Å². The molecule has 218 valence electrons. The third kappa shape index (κ3) is 8.81. The van der Waals surface area contributed by atoms with E-state index in [0.717, 1.165) is 27.8 Å². The minimum absolute atomic E-state index is 0.275. The fraction of sp³-hybridized carbons (Fsp3) is 0.184. The zero-order chi connectivity index (χ0) is 29.7. The van der Waals surface area contributed by atoms with Gasteiger partial charge in [0, 0.05) is 13.1 Å². The van der Waals surface area contributed by atoms with E-state index < -0.39 is 6.04 Å². The summed E-state index contributed by atoms with van der Waals surface area (Å²) in [5, 5.41) is 0. The minimum Gasteiger partial charge on any atom is -0.485 e. The van der Waals surface area contributed by atoms with Gasteiger partial charge in [0.2, 0.25) is 0 Å². The number of esters is 1. The largest absolute Gasteiger partial charge is 0.485 e. The molecule has 0 saturated carbocycles. The molecular formula is C38H37NO4. The molecule has 5 aromatic carbocycles. The Morgan fingerprint density at radius 3 is 1.47 bits per heavy atom. The molecule has 0 bridgehead atoms. The molecule has 0 aliphatic heterocycles. The van der Waals surface area contributed by atoms with Crippen LogP contribution in [0, 0.1) is 0 Å². The molecule has 0 amide bonds. The monoisotopic (exact) mass is 571 g/mol. The van der Waals surface area contributed by atoms with E-state index in [1.54, 1.807) is 0 Å². The predicted molar refractivity (Wildman–Crippen MR) is 170 cm³/mol. The second kappa shape index (κ2) is 15.4. The number of carbonyl (C=O) groups is 1. The molecule has 0 saturated heterocycles. The number of rotatable bonds is 14. The second-order valence-corrected chi connectivity index (χ2v) is 10.4. The van der Waals surface area contributed by atoms with Gasteiger partial charge >= 0.3 is 5.97 Å². The Labute approximate surface area is 254 Å². The summed E-state index contributed by atoms with van der Waals surface area (Å²) in [7, 11) is 1.45. The lowest BCUT2D eigenvalue weighted by atomic mass is 10.0. The Bertz CT molecular complexity index is 1500. The molecule has 0 N–H and O–H groups in total. The van der Waals surface area contributed by atoms with Crippen molar-refractivity contribution in [3.63, 3.8) is 0 Å². The molecule has 0 fully saturated rings. The average molecular weight is 572 g/mol. The predicted octanol–water partition coefficient (Wildman–Crippen LogP) is 7.63. The number of methoxy groups -OCH3 is 1. The van der Waals surface area contributed by atoms with Crippen molar-refractivity contribution in [3.8, 4) is 11.5 Å². The Morgan fingerprint density at radius 2 is 1.00 bits per heavy atom. The van der Waals surface area contributed by atoms with Crippen LogP contribution in [0.2, 0.25) is 0 Å². The highest BCUT2D eigenvalue weighted by Gasteiger charge is 2.28. The van der Waals surface area contributed by atoms with Gasteiger partial charge in [0.05, 0.1) is 7.11 Å². The first-order chi connectivity index (χ1) is 21.2. The average Bonchev–Trinajstić information content (AvgIpc) is 3.07. The van der Waals surface area contributed by atoms with Gasteiger partial charge in [0.25, 0.3) is 0 Å². The minimum atomic E-state index is -0.511. The summed E-state index contributed by atoms with van der Waals surface area (Å²) < 4.78 is 17.9. The quantitative estimate of drug-likeness (QED) is 0.128. The van der Waals surface area contributed by atoms with E-state index in [0.29, 0.717) is 44.2 Å². The summed E-state index contributed by atoms with van der Waals surface area (Å²) in [6, 6.07) is 46.0. The lowest BCUT2D eigenvalue weighted by Gasteiger charge is -2.30. The Hall–Kier alpha value is -4.87. The van der Waals surface area contributed by atoms with Crippen LogP contribution in [-0.4, -0.2) is 24.0 Å². The highest BCUT2D eigenvalue weighted by atomic mass is 16.5. The normalized spacial score (nSPS) is 11.6. The van der Waals surface area contributed by atoms with E-state index in [2.05, 4.69) is 29.2 Å². The zero-order valence-corrected chi connectivity index (χ0v) is 24.5. The molecule has 0 spiro atoms. The number of carbonyl (C=O) groups excluding carboxylic acids is 1. The highest BCUT2D eigenvalue weighted by Crippen LogP contribution is 2.31. The molecule has 0 heterocycles. The molecule has 43 heavy (non-hydrogen) atoms. The van der Waals surface area contributed by atoms with Gasteiger partial charge in [-0.15, -0.1) is 0 Å². The van der Waals surface area contributed by atoms with Crippen molar-refractivity contribution >= 4 is 5.97 Å². The van der Waals surface area contributed by atoms with Crippen LogP contribution < -0.4 is 9.47 Å². The molecule has 0 radical (unpaired) electrons. The van der Waals surface area contributed by atoms with Gasteiger partial charge in [-0.2, -0.15) is 0 Å². The number of hydrogen-bond donors (Lipinski definition) is 0. The Kier molecular flexibility index (Phi) is 10.6. The number of benzene rings is 5. The zero-order valence-electron chi connectivity index (χ0n) is 24.5. The summed E-state index contributed by atoms with van der Waals surface area (Å²) in [5.74, 6) is 1.02. The SMILES string of the molecule is COC(=O)[C@H](Cc1ccc(OCc2ccccc2)c(OCc2ccccc2)c1)N(Cc1ccccc1)Cc1ccccc1. The first kappa shape index (κ1) is 29.6. The smallest absolute Gasteiger partial charge is 0.323 e. The molecule has 5 nitrogen and oxygen atoms in total. The van der Waals surface area contributed by atoms with Gasteiger partial charge in [-0.1, -0.05) is 127 Å². The van der Waals surface area contributed by atoms with E-state index in [1.807, 2.05) is 115 Å². The summed E-state index contributed by atoms with van der Waals surface area (Å²) in [6.45, 7) is 2.03. The van der Waals surface area contributed by atoms with Gasteiger partial charge in [-0.05, 0) is 46.4 Å². The van der Waals surface area contributed by atoms with Crippen LogP contribution in [0.25, 0.3) is 0 Å². The van der Waals surface area contributed by atoms with Gasteiger partial charge < -0.3 is 14.2 Å². The third-order valence-electron chi connectivity index (χ3n) is 7.28. The van der Waals surface area contributed by atoms with Crippen LogP contribution in [-0.2, 0) is 42.3 Å². The maximum atomic E-state index is 13.3. The maximum Gasteiger partial charge on any atom is 0.323 e. The molecule has 5 aromatic rings. The van der Waals surface area contributed by atoms with Crippen molar-refractivity contribution in [2.75, 3.05) is 7.11 Å². The Balaban J connectivity index is 1.42. The van der Waals surface area contributed by atoms with Crippen LogP contribution in [0.15, 0.2) is 140 Å². The van der Waals surface area contributed by atoms with Crippen molar-refractivity contribution in [2.24, 2.45) is 0 Å². The first-order valence-electron chi connectivity index (χ1n) is 14.5. The van der Waals surface area contributed by atoms with Gasteiger partial charge in [0.1, 0.15) is 19.3 Å². The van der Waals surface area contributed by atoms with E-state index >= 15 is 0 Å². The molecule has 5 rings (SSSR count). The van der Waals surface area contributed by atoms with E-state index in [-0.39, 0.29) is 5.97 Å². The fourth-order valence-electron chi connectivity index (χ4n) is 5.02. The van der Waals surface area contributed by atoms with Crippen LogP contribution in [0.5, 0.6) is 11.5 Å². The van der Waals surface area contributed by atoms with Gasteiger partial charge in [-0.25, -0.2) is 0 Å². The van der Waals surface area contributed by atoms with E-state index in [4.69, 9.17) is 14.2 Å². The lowest BCUT2D eigenvalue weighted by Crippen LogP contribution is -2.42. The number of hydrogen-bond acceptors (Lipinski definition) is 5. The molecule has 0 aliphatic carbocycles. The number of ether oxygens (including phenoxy) is 3. The molecular weight excluding hydrogens is 534 g/mol. The van der Waals surface area contributed by atoms with Crippen molar-refractivity contribution in [2.45, 2.75) is 38.8 Å². The third-order valence-corrected chi connectivity index (χ3v) is 7.28. The van der Waals surface area contributed by atoms with Gasteiger partial charge in [0.15, 0.2) is 11.5 Å². The second-order valence-electron chi connectivity index (χ2n) is 10.4. The summed E-state index contributed by atoms with van der Waals surface area (Å²) in [4.78, 5) is 15.5. The summed E-state index contributed by atoms with van der Waals surface area (Å²) >= 11 is 0. The molecule has 0 aromatic heterocycles. The topological polar surface area (TPSA) is 48.0 Å². The maximum absolute atomic E-state index is 13.3. The van der Waals surface area contributed by atoms with Gasteiger partial charge in [-0.3, -0.25) is 9.69 Å². The molecule has 0 unspecified atom stereocenters. The number of nitrogens with zero attached hydrogens (tertiary/aromatic N) is 1. The highest BCUT2D eigenvalue weighted by molar-refractivity contribution is 5.76. The lowest BCUT2D eigenvalue weighted by molar-refractivity contribution is -0.147. The Morgan fingerprint density at radius 1 is 0.558 bits per heavy atom. The van der Waals surface area contributed by atoms with Crippen molar-refractivity contribution in [1.29, 1.82) is 0 Å². The standard InChI is InChI=1S/C38H37NO4/c1-41-38(40)35(39(26-30-14-6-2-7-15-30)27-31-16-8-3-9-17-31)24-34-22-23-36(42-28-32-18-10-4-11-19-32)37(25-34)43-29-33-20-12-5-13-21-33/h2-23,25,35H,24,26-29H2,1H3/t35-/m0/s1. The molecule has 0 aliphatic rings. The van der Waals surface area contributed by atoms with Crippen LogP contribution in [0.4, 0.5) is 0 Å².